The van der Waals surface area contributed by atoms with E-state index < -0.39 is 5.25 Å². The first-order valence-corrected chi connectivity index (χ1v) is 8.30. The molecule has 1 rings (SSSR count). The lowest BCUT2D eigenvalue weighted by molar-refractivity contribution is -0.121. The van der Waals surface area contributed by atoms with Gasteiger partial charge in [-0.2, -0.15) is 0 Å². The molecule has 0 saturated heterocycles. The molecule has 0 aromatic carbocycles. The van der Waals surface area contributed by atoms with Gasteiger partial charge in [-0.15, -0.1) is 18.2 Å². The lowest BCUT2D eigenvalue weighted by atomic mass is 10.4. The highest BCUT2D eigenvalue weighted by Crippen LogP contribution is 2.14. The Bertz CT molecular complexity index is 623. The van der Waals surface area contributed by atoms with Crippen molar-refractivity contribution in [1.29, 1.82) is 0 Å². The van der Waals surface area contributed by atoms with Crippen LogP contribution >= 0.6 is 11.8 Å². The molecule has 1 unspecified atom stereocenters. The minimum atomic E-state index is -0.438. The molecule has 1 aromatic heterocycles. The number of carbonyl (C=O) groups excluding carboxylic acids is 3. The largest absolute Gasteiger partial charge is 0.360 e. The van der Waals surface area contributed by atoms with Crippen LogP contribution in [0.15, 0.2) is 10.6 Å². The number of nitrogens with one attached hydrogen (secondary N) is 3. The van der Waals surface area contributed by atoms with Gasteiger partial charge in [0.2, 0.25) is 17.7 Å². The number of hydrogen-bond acceptors (Lipinski definition) is 6. The van der Waals surface area contributed by atoms with Crippen molar-refractivity contribution >= 4 is 35.3 Å². The maximum Gasteiger partial charge on any atom is 0.238 e. The zero-order valence-electron chi connectivity index (χ0n) is 13.5. The Morgan fingerprint density at radius 2 is 2.12 bits per heavy atom. The summed E-state index contributed by atoms with van der Waals surface area (Å²) in [7, 11) is 0. The summed E-state index contributed by atoms with van der Waals surface area (Å²) >= 11 is 1.18. The number of rotatable bonds is 9. The summed E-state index contributed by atoms with van der Waals surface area (Å²) in [5.74, 6) is 2.59. The first kappa shape index (κ1) is 19.6. The van der Waals surface area contributed by atoms with Crippen molar-refractivity contribution in [2.45, 2.75) is 25.5 Å². The van der Waals surface area contributed by atoms with Gasteiger partial charge >= 0.3 is 0 Å². The molecule has 0 aliphatic carbocycles. The Kier molecular flexibility index (Phi) is 8.43. The minimum absolute atomic E-state index is 0.110. The molecular weight excluding hydrogens is 332 g/mol. The van der Waals surface area contributed by atoms with Crippen LogP contribution in [0, 0.1) is 19.3 Å². The number of aryl methyl sites for hydroxylation is 1. The first-order chi connectivity index (χ1) is 11.4. The molecule has 8 nitrogen and oxygen atoms in total. The van der Waals surface area contributed by atoms with Crippen LogP contribution in [0.2, 0.25) is 0 Å². The topological polar surface area (TPSA) is 113 Å². The predicted octanol–water partition coefficient (Wildman–Crippen LogP) is 0.299. The third kappa shape index (κ3) is 7.69. The quantitative estimate of drug-likeness (QED) is 0.551. The molecule has 0 bridgehead atoms. The van der Waals surface area contributed by atoms with Crippen molar-refractivity contribution in [2.75, 3.05) is 24.2 Å². The lowest BCUT2D eigenvalue weighted by Gasteiger charge is -2.10. The third-order valence-electron chi connectivity index (χ3n) is 2.77. The van der Waals surface area contributed by atoms with Crippen LogP contribution < -0.4 is 16.0 Å². The summed E-state index contributed by atoms with van der Waals surface area (Å²) in [5.41, 5.74) is 0. The molecule has 0 aliphatic heterocycles. The number of anilines is 1. The molecule has 130 valence electrons. The van der Waals surface area contributed by atoms with E-state index >= 15 is 0 Å². The normalized spacial score (nSPS) is 11.2. The Hall–Kier alpha value is -2.47. The number of hydrogen-bond donors (Lipinski definition) is 3. The fourth-order valence-corrected chi connectivity index (χ4v) is 2.25. The van der Waals surface area contributed by atoms with Gasteiger partial charge in [0.05, 0.1) is 17.5 Å². The smallest absolute Gasteiger partial charge is 0.238 e. The summed E-state index contributed by atoms with van der Waals surface area (Å²) < 4.78 is 4.85. The van der Waals surface area contributed by atoms with Gasteiger partial charge in [-0.05, 0) is 13.8 Å². The molecule has 9 heteroatoms. The van der Waals surface area contributed by atoms with E-state index in [1.165, 1.54) is 11.8 Å². The number of nitrogens with zero attached hydrogens (tertiary/aromatic N) is 1. The van der Waals surface area contributed by atoms with Crippen LogP contribution in [0.4, 0.5) is 5.82 Å². The molecule has 3 N–H and O–H groups in total. The van der Waals surface area contributed by atoms with Crippen LogP contribution in [0.25, 0.3) is 0 Å². The van der Waals surface area contributed by atoms with Gasteiger partial charge in [-0.3, -0.25) is 14.4 Å². The SMILES string of the molecule is C#CCNC(=O)CCNC(=O)CSC(C)C(=O)Nc1cc(C)on1. The van der Waals surface area contributed by atoms with E-state index in [-0.39, 0.29) is 43.0 Å². The second kappa shape index (κ2) is 10.3. The molecular formula is C15H20N4O4S. The van der Waals surface area contributed by atoms with Crippen LogP contribution in [0.1, 0.15) is 19.1 Å². The number of terminal acetylenes is 1. The molecule has 0 fully saturated rings. The van der Waals surface area contributed by atoms with Crippen molar-refractivity contribution in [1.82, 2.24) is 15.8 Å². The summed E-state index contributed by atoms with van der Waals surface area (Å²) in [4.78, 5) is 34.9. The van der Waals surface area contributed by atoms with Crippen LogP contribution in [-0.2, 0) is 14.4 Å². The molecule has 1 atom stereocenters. The van der Waals surface area contributed by atoms with Gasteiger partial charge in [-0.1, -0.05) is 11.1 Å². The summed E-state index contributed by atoms with van der Waals surface area (Å²) in [6.07, 6.45) is 5.17. The van der Waals surface area contributed by atoms with Gasteiger partial charge < -0.3 is 20.5 Å². The highest BCUT2D eigenvalue weighted by atomic mass is 32.2. The van der Waals surface area contributed by atoms with E-state index in [1.807, 2.05) is 0 Å². The van der Waals surface area contributed by atoms with Crippen molar-refractivity contribution in [3.63, 3.8) is 0 Å². The van der Waals surface area contributed by atoms with E-state index in [2.05, 4.69) is 27.0 Å². The second-order valence-corrected chi connectivity index (χ2v) is 6.18. The molecule has 0 radical (unpaired) electrons. The molecule has 3 amide bonds. The van der Waals surface area contributed by atoms with Crippen molar-refractivity contribution in [3.8, 4) is 12.3 Å². The third-order valence-corrected chi connectivity index (χ3v) is 3.92. The highest BCUT2D eigenvalue weighted by molar-refractivity contribution is 8.01. The van der Waals surface area contributed by atoms with Crippen LogP contribution in [-0.4, -0.2) is 47.0 Å². The summed E-state index contributed by atoms with van der Waals surface area (Å²) in [5, 5.41) is 10.9. The fraction of sp³-hybridized carbons (Fsp3) is 0.467. The van der Waals surface area contributed by atoms with Gasteiger partial charge in [0, 0.05) is 19.0 Å². The molecule has 0 saturated carbocycles. The van der Waals surface area contributed by atoms with Crippen molar-refractivity contribution in [2.24, 2.45) is 0 Å². The Morgan fingerprint density at radius 3 is 2.75 bits per heavy atom. The zero-order chi connectivity index (χ0) is 17.9. The van der Waals surface area contributed by atoms with Gasteiger partial charge in [-0.25, -0.2) is 0 Å². The maximum absolute atomic E-state index is 11.9. The predicted molar refractivity (Wildman–Crippen MR) is 91.3 cm³/mol. The van der Waals surface area contributed by atoms with Gasteiger partial charge in [0.1, 0.15) is 5.76 Å². The molecule has 0 spiro atoms. The van der Waals surface area contributed by atoms with Crippen LogP contribution in [0.5, 0.6) is 0 Å². The molecule has 1 aromatic rings. The average molecular weight is 352 g/mol. The summed E-state index contributed by atoms with van der Waals surface area (Å²) in [6, 6.07) is 1.60. The second-order valence-electron chi connectivity index (χ2n) is 4.85. The lowest BCUT2D eigenvalue weighted by Crippen LogP contribution is -2.32. The number of thioether (sulfide) groups is 1. The van der Waals surface area contributed by atoms with E-state index in [0.29, 0.717) is 11.6 Å². The summed E-state index contributed by atoms with van der Waals surface area (Å²) in [6.45, 7) is 3.79. The number of amides is 3. The van der Waals surface area contributed by atoms with E-state index in [4.69, 9.17) is 10.9 Å². The Labute approximate surface area is 144 Å². The molecule has 1 heterocycles. The van der Waals surface area contributed by atoms with Crippen molar-refractivity contribution < 1.29 is 18.9 Å². The average Bonchev–Trinajstić information content (AvgIpc) is 2.95. The first-order valence-electron chi connectivity index (χ1n) is 7.25. The Balaban J connectivity index is 2.20. The highest BCUT2D eigenvalue weighted by Gasteiger charge is 2.16. The van der Waals surface area contributed by atoms with Crippen LogP contribution in [0.3, 0.4) is 0 Å². The van der Waals surface area contributed by atoms with Gasteiger partial charge in [0.25, 0.3) is 0 Å². The van der Waals surface area contributed by atoms with Crippen molar-refractivity contribution in [3.05, 3.63) is 11.8 Å². The molecule has 24 heavy (non-hydrogen) atoms. The Morgan fingerprint density at radius 1 is 1.38 bits per heavy atom. The minimum Gasteiger partial charge on any atom is -0.360 e. The van der Waals surface area contributed by atoms with E-state index in [1.54, 1.807) is 19.9 Å². The molecule has 0 aliphatic rings. The number of aromatic nitrogens is 1. The monoisotopic (exact) mass is 352 g/mol. The standard InChI is InChI=1S/C15H20N4O4S/c1-4-6-16-13(20)5-7-17-14(21)9-24-11(3)15(22)18-12-8-10(2)23-19-12/h1,8,11H,5-7,9H2,2-3H3,(H,16,20)(H,17,21)(H,18,19,22). The number of carbonyl (C=O) groups is 3. The van der Waals surface area contributed by atoms with E-state index in [9.17, 15) is 14.4 Å². The zero-order valence-corrected chi connectivity index (χ0v) is 14.4. The van der Waals surface area contributed by atoms with Gasteiger partial charge in [0.15, 0.2) is 5.82 Å². The van der Waals surface area contributed by atoms with E-state index in [0.717, 1.165) is 0 Å². The maximum atomic E-state index is 11.9. The fourth-order valence-electron chi connectivity index (χ4n) is 1.53.